The summed E-state index contributed by atoms with van der Waals surface area (Å²) in [6, 6.07) is 4.20. The first-order valence-electron chi connectivity index (χ1n) is 6.54. The first-order chi connectivity index (χ1) is 9.01. The first-order valence-corrected chi connectivity index (χ1v) is 7.73. The molecule has 0 aliphatic carbocycles. The molecule has 2 rings (SSSR count). The standard InChI is InChI=1S/C14H20ClN3S/c1-4-11(16)7-13-9(2)17-18(10(13)3)8-12-5-6-14(15)19-12/h5-6,11H,4,7-8,16H2,1-3H3. The summed E-state index contributed by atoms with van der Waals surface area (Å²) in [5.74, 6) is 0. The van der Waals surface area contributed by atoms with Gasteiger partial charge < -0.3 is 5.73 Å². The van der Waals surface area contributed by atoms with Crippen LogP contribution in [0.4, 0.5) is 0 Å². The average molecular weight is 298 g/mol. The van der Waals surface area contributed by atoms with Gasteiger partial charge in [-0.25, -0.2) is 0 Å². The number of halogens is 1. The minimum atomic E-state index is 0.214. The number of aromatic nitrogens is 2. The van der Waals surface area contributed by atoms with Crippen LogP contribution in [0.15, 0.2) is 12.1 Å². The van der Waals surface area contributed by atoms with E-state index in [1.54, 1.807) is 11.3 Å². The summed E-state index contributed by atoms with van der Waals surface area (Å²) >= 11 is 7.57. The molecule has 1 unspecified atom stereocenters. The van der Waals surface area contributed by atoms with Gasteiger partial charge in [-0.3, -0.25) is 4.68 Å². The predicted molar refractivity (Wildman–Crippen MR) is 82.1 cm³/mol. The maximum atomic E-state index is 6.06. The third-order valence-corrected chi connectivity index (χ3v) is 4.67. The maximum absolute atomic E-state index is 6.06. The molecular weight excluding hydrogens is 278 g/mol. The smallest absolute Gasteiger partial charge is 0.0931 e. The Morgan fingerprint density at radius 3 is 2.74 bits per heavy atom. The fourth-order valence-electron chi connectivity index (χ4n) is 2.17. The Morgan fingerprint density at radius 2 is 2.16 bits per heavy atom. The van der Waals surface area contributed by atoms with Crippen molar-refractivity contribution in [2.24, 2.45) is 5.73 Å². The van der Waals surface area contributed by atoms with Gasteiger partial charge in [0.1, 0.15) is 0 Å². The van der Waals surface area contributed by atoms with Crippen molar-refractivity contribution in [2.45, 2.75) is 46.2 Å². The highest BCUT2D eigenvalue weighted by Gasteiger charge is 2.14. The summed E-state index contributed by atoms with van der Waals surface area (Å²) in [7, 11) is 0. The molecule has 2 heterocycles. The topological polar surface area (TPSA) is 43.8 Å². The molecule has 0 bridgehead atoms. The van der Waals surface area contributed by atoms with Gasteiger partial charge in [0.2, 0.25) is 0 Å². The highest BCUT2D eigenvalue weighted by atomic mass is 35.5. The summed E-state index contributed by atoms with van der Waals surface area (Å²) in [6.45, 7) is 7.08. The van der Waals surface area contributed by atoms with Gasteiger partial charge >= 0.3 is 0 Å². The average Bonchev–Trinajstić information content (AvgIpc) is 2.88. The Hall–Kier alpha value is -0.840. The fraction of sp³-hybridized carbons (Fsp3) is 0.500. The number of rotatable bonds is 5. The minimum Gasteiger partial charge on any atom is -0.327 e. The number of nitrogens with two attached hydrogens (primary N) is 1. The minimum absolute atomic E-state index is 0.214. The quantitative estimate of drug-likeness (QED) is 0.917. The van der Waals surface area contributed by atoms with Crippen molar-refractivity contribution in [1.82, 2.24) is 9.78 Å². The molecule has 5 heteroatoms. The molecule has 0 radical (unpaired) electrons. The van der Waals surface area contributed by atoms with E-state index in [0.717, 1.165) is 29.4 Å². The van der Waals surface area contributed by atoms with Crippen molar-refractivity contribution in [1.29, 1.82) is 0 Å². The van der Waals surface area contributed by atoms with E-state index in [1.807, 2.05) is 6.07 Å². The largest absolute Gasteiger partial charge is 0.327 e. The van der Waals surface area contributed by atoms with E-state index in [0.29, 0.717) is 0 Å². The highest BCUT2D eigenvalue weighted by molar-refractivity contribution is 7.16. The zero-order chi connectivity index (χ0) is 14.0. The van der Waals surface area contributed by atoms with Crippen molar-refractivity contribution < 1.29 is 0 Å². The van der Waals surface area contributed by atoms with Crippen LogP contribution in [0.3, 0.4) is 0 Å². The molecular formula is C14H20ClN3S. The lowest BCUT2D eigenvalue weighted by atomic mass is 10.0. The van der Waals surface area contributed by atoms with Crippen LogP contribution in [0.25, 0.3) is 0 Å². The van der Waals surface area contributed by atoms with Gasteiger partial charge in [0.15, 0.2) is 0 Å². The molecule has 2 aromatic heterocycles. The summed E-state index contributed by atoms with van der Waals surface area (Å²) in [5, 5.41) is 4.63. The normalized spacial score (nSPS) is 12.9. The third-order valence-electron chi connectivity index (χ3n) is 3.46. The monoisotopic (exact) mass is 297 g/mol. The lowest BCUT2D eigenvalue weighted by molar-refractivity contribution is 0.637. The predicted octanol–water partition coefficient (Wildman–Crippen LogP) is 3.54. The van der Waals surface area contributed by atoms with E-state index < -0.39 is 0 Å². The molecule has 0 aliphatic rings. The fourth-order valence-corrected chi connectivity index (χ4v) is 3.24. The summed E-state index contributed by atoms with van der Waals surface area (Å²) in [5.41, 5.74) is 9.65. The van der Waals surface area contributed by atoms with Crippen LogP contribution in [0.5, 0.6) is 0 Å². The summed E-state index contributed by atoms with van der Waals surface area (Å²) < 4.78 is 2.87. The Balaban J connectivity index is 2.20. The molecule has 0 saturated carbocycles. The molecule has 3 nitrogen and oxygen atoms in total. The van der Waals surface area contributed by atoms with Gasteiger partial charge in [-0.15, -0.1) is 11.3 Å². The van der Waals surface area contributed by atoms with E-state index in [2.05, 4.69) is 36.6 Å². The molecule has 0 spiro atoms. The van der Waals surface area contributed by atoms with Gasteiger partial charge in [-0.2, -0.15) is 5.10 Å². The van der Waals surface area contributed by atoms with Gasteiger partial charge in [0.25, 0.3) is 0 Å². The highest BCUT2D eigenvalue weighted by Crippen LogP contribution is 2.23. The van der Waals surface area contributed by atoms with Gasteiger partial charge in [0.05, 0.1) is 16.6 Å². The van der Waals surface area contributed by atoms with Crippen LogP contribution < -0.4 is 5.73 Å². The van der Waals surface area contributed by atoms with E-state index in [1.165, 1.54) is 16.1 Å². The van der Waals surface area contributed by atoms with Crippen LogP contribution in [0.2, 0.25) is 4.34 Å². The van der Waals surface area contributed by atoms with E-state index in [-0.39, 0.29) is 6.04 Å². The van der Waals surface area contributed by atoms with Crippen LogP contribution in [-0.2, 0) is 13.0 Å². The molecule has 0 aliphatic heterocycles. The van der Waals surface area contributed by atoms with Crippen molar-refractivity contribution >= 4 is 22.9 Å². The number of hydrogen-bond acceptors (Lipinski definition) is 3. The molecule has 0 aromatic carbocycles. The molecule has 0 saturated heterocycles. The second-order valence-corrected chi connectivity index (χ2v) is 6.68. The molecule has 2 N–H and O–H groups in total. The lowest BCUT2D eigenvalue weighted by Gasteiger charge is -2.09. The van der Waals surface area contributed by atoms with Crippen molar-refractivity contribution in [3.05, 3.63) is 38.3 Å². The van der Waals surface area contributed by atoms with Crippen molar-refractivity contribution in [2.75, 3.05) is 0 Å². The molecule has 104 valence electrons. The molecule has 2 aromatic rings. The Bertz CT molecular complexity index is 559. The molecule has 1 atom stereocenters. The number of hydrogen-bond donors (Lipinski definition) is 1. The first kappa shape index (κ1) is 14.6. The SMILES string of the molecule is CCC(N)Cc1c(C)nn(Cc2ccc(Cl)s2)c1C. The van der Waals surface area contributed by atoms with Gasteiger partial charge in [-0.05, 0) is 44.4 Å². The number of thiophene rings is 1. The van der Waals surface area contributed by atoms with Crippen molar-refractivity contribution in [3.8, 4) is 0 Å². The second kappa shape index (κ2) is 6.07. The number of nitrogens with zero attached hydrogens (tertiary/aromatic N) is 2. The molecule has 0 amide bonds. The van der Waals surface area contributed by atoms with Crippen LogP contribution in [0.1, 0.15) is 35.2 Å². The van der Waals surface area contributed by atoms with Gasteiger partial charge in [-0.1, -0.05) is 18.5 Å². The van der Waals surface area contributed by atoms with Crippen molar-refractivity contribution in [3.63, 3.8) is 0 Å². The number of aryl methyl sites for hydroxylation is 1. The summed E-state index contributed by atoms with van der Waals surface area (Å²) in [4.78, 5) is 1.22. The Labute approximate surface area is 123 Å². The maximum Gasteiger partial charge on any atom is 0.0931 e. The summed E-state index contributed by atoms with van der Waals surface area (Å²) in [6.07, 6.45) is 1.89. The van der Waals surface area contributed by atoms with E-state index >= 15 is 0 Å². The zero-order valence-electron chi connectivity index (χ0n) is 11.6. The van der Waals surface area contributed by atoms with Crippen LogP contribution in [-0.4, -0.2) is 15.8 Å². The second-order valence-electron chi connectivity index (χ2n) is 4.89. The zero-order valence-corrected chi connectivity index (χ0v) is 13.2. The molecule has 19 heavy (non-hydrogen) atoms. The lowest BCUT2D eigenvalue weighted by Crippen LogP contribution is -2.22. The van der Waals surface area contributed by atoms with Gasteiger partial charge in [0, 0.05) is 16.6 Å². The van der Waals surface area contributed by atoms with E-state index in [4.69, 9.17) is 17.3 Å². The van der Waals surface area contributed by atoms with Crippen LogP contribution >= 0.6 is 22.9 Å². The third kappa shape index (κ3) is 3.38. The Kier molecular flexibility index (Phi) is 4.66. The van der Waals surface area contributed by atoms with Crippen LogP contribution in [0, 0.1) is 13.8 Å². The Morgan fingerprint density at radius 1 is 1.42 bits per heavy atom. The van der Waals surface area contributed by atoms with E-state index in [9.17, 15) is 0 Å². The molecule has 0 fully saturated rings.